The minimum atomic E-state index is -3.82. The van der Waals surface area contributed by atoms with E-state index in [9.17, 15) is 42.0 Å². The Bertz CT molecular complexity index is 1680. The lowest BCUT2D eigenvalue weighted by atomic mass is 9.95. The molecule has 0 saturated carbocycles. The van der Waals surface area contributed by atoms with Crippen LogP contribution in [0.1, 0.15) is 58.6 Å². The predicted octanol–water partition coefficient (Wildman–Crippen LogP) is -0.764. The van der Waals surface area contributed by atoms with Gasteiger partial charge >= 0.3 is 23.9 Å². The van der Waals surface area contributed by atoms with Gasteiger partial charge in [-0.2, -0.15) is 0 Å². The first-order valence-electron chi connectivity index (χ1n) is 15.2. The Morgan fingerprint density at radius 3 is 2.00 bits per heavy atom. The van der Waals surface area contributed by atoms with Gasteiger partial charge in [0.25, 0.3) is 0 Å². The van der Waals surface area contributed by atoms with Gasteiger partial charge in [-0.3, -0.25) is 24.0 Å². The Hall–Kier alpha value is -4.23. The molecule has 17 nitrogen and oxygen atoms in total. The van der Waals surface area contributed by atoms with Crippen molar-refractivity contribution in [2.24, 2.45) is 5.73 Å². The van der Waals surface area contributed by atoms with Crippen molar-refractivity contribution >= 4 is 63.2 Å². The summed E-state index contributed by atoms with van der Waals surface area (Å²) in [5, 5.41) is 1.01. The Balaban J connectivity index is 1.01. The molecular weight excluding hydrogens is 688 g/mol. The van der Waals surface area contributed by atoms with Crippen LogP contribution in [0, 0.1) is 0 Å². The zero-order valence-electron chi connectivity index (χ0n) is 27.0. The SMILES string of the molecule is CC1(C)S[C@@H]2C(NC(=O)C(N)c3ccccc3)C(=O)N2[C@H]1C(=O)OCOC(=O)CCC(=O)OCOC(=O)[C@@H]1N2C(=O)C[C@H]2S(=O)(=O)C1(C)C. The number of benzene rings is 1. The number of carbonyl (C=O) groups is 7. The molecule has 0 spiro atoms. The average molecular weight is 725 g/mol. The smallest absolute Gasteiger partial charge is 0.333 e. The van der Waals surface area contributed by atoms with Crippen LogP contribution < -0.4 is 11.1 Å². The van der Waals surface area contributed by atoms with Gasteiger partial charge in [-0.05, 0) is 33.3 Å². The number of fused-ring (bicyclic) bond motifs is 2. The Labute approximate surface area is 285 Å². The summed E-state index contributed by atoms with van der Waals surface area (Å²) in [5.74, 6) is -5.30. The molecule has 4 aliphatic heterocycles. The average Bonchev–Trinajstić information content (AvgIpc) is 3.37. The van der Waals surface area contributed by atoms with E-state index in [1.807, 2.05) is 0 Å². The molecule has 0 aromatic heterocycles. The first-order chi connectivity index (χ1) is 22.9. The number of hydrogen-bond acceptors (Lipinski definition) is 15. The summed E-state index contributed by atoms with van der Waals surface area (Å²) in [6, 6.07) is 4.32. The van der Waals surface area contributed by atoms with Crippen LogP contribution in [-0.4, -0.2) is 112 Å². The van der Waals surface area contributed by atoms with Crippen molar-refractivity contribution in [2.45, 2.75) is 91.4 Å². The number of esters is 4. The van der Waals surface area contributed by atoms with E-state index in [2.05, 4.69) is 5.32 Å². The highest BCUT2D eigenvalue weighted by molar-refractivity contribution is 8.01. The molecule has 3 amide bonds. The van der Waals surface area contributed by atoms with E-state index in [-0.39, 0.29) is 6.42 Å². The second kappa shape index (κ2) is 13.2. The summed E-state index contributed by atoms with van der Waals surface area (Å²) >= 11 is 1.30. The molecule has 5 rings (SSSR count). The van der Waals surface area contributed by atoms with Crippen LogP contribution in [0.25, 0.3) is 0 Å². The second-order valence-electron chi connectivity index (χ2n) is 12.8. The van der Waals surface area contributed by atoms with Gasteiger partial charge in [-0.1, -0.05) is 30.3 Å². The highest BCUT2D eigenvalue weighted by atomic mass is 32.2. The molecule has 0 radical (unpaired) electrons. The van der Waals surface area contributed by atoms with Crippen LogP contribution >= 0.6 is 11.8 Å². The topological polar surface area (TPSA) is 235 Å². The number of thioether (sulfide) groups is 1. The standard InChI is InChI=1S/C30H36N4O13S2/c1-29(2)22(34-25(39)21(26(34)48-29)32-24(38)20(31)15-8-6-5-7-9-15)27(40)46-13-44-18(36)10-11-19(37)45-14-47-28(41)23-30(3,4)49(42,43)17-12-16(35)33(17)23/h5-9,17,20-23,26H,10-14,31H2,1-4H3,(H,32,38)/t17-,20?,21?,22+,23+,26-/m1/s1. The first-order valence-corrected chi connectivity index (χ1v) is 17.6. The highest BCUT2D eigenvalue weighted by Crippen LogP contribution is 2.51. The van der Waals surface area contributed by atoms with Gasteiger partial charge in [0, 0.05) is 4.75 Å². The minimum absolute atomic E-state index is 0.219. The van der Waals surface area contributed by atoms with E-state index in [0.29, 0.717) is 5.56 Å². The zero-order chi connectivity index (χ0) is 36.1. The van der Waals surface area contributed by atoms with E-state index < -0.39 is 122 Å². The molecular formula is C30H36N4O13S2. The number of ether oxygens (including phenoxy) is 4. The van der Waals surface area contributed by atoms with Gasteiger partial charge in [0.1, 0.15) is 34.9 Å². The third kappa shape index (κ3) is 6.45. The van der Waals surface area contributed by atoms with Crippen LogP contribution in [0.4, 0.5) is 0 Å². The van der Waals surface area contributed by atoms with Gasteiger partial charge < -0.3 is 39.8 Å². The fourth-order valence-electron chi connectivity index (χ4n) is 6.20. The number of rotatable bonds is 12. The normalized spacial score (nSPS) is 27.4. The third-order valence-electron chi connectivity index (χ3n) is 8.98. The van der Waals surface area contributed by atoms with Crippen molar-refractivity contribution in [3.05, 3.63) is 35.9 Å². The van der Waals surface area contributed by atoms with Crippen LogP contribution in [0.3, 0.4) is 0 Å². The Morgan fingerprint density at radius 2 is 1.45 bits per heavy atom. The van der Waals surface area contributed by atoms with Crippen LogP contribution in [0.2, 0.25) is 0 Å². The van der Waals surface area contributed by atoms with Gasteiger partial charge in [-0.25, -0.2) is 18.0 Å². The monoisotopic (exact) mass is 724 g/mol. The highest BCUT2D eigenvalue weighted by Gasteiger charge is 2.68. The Kier molecular flexibility index (Phi) is 9.74. The molecule has 4 saturated heterocycles. The number of hydrogen-bond donors (Lipinski definition) is 2. The number of β-lactam (4-membered cyclic amide) rings is 2. The summed E-state index contributed by atoms with van der Waals surface area (Å²) in [7, 11) is -3.82. The fraction of sp³-hybridized carbons (Fsp3) is 0.567. The number of nitrogens with one attached hydrogen (secondary N) is 1. The van der Waals surface area contributed by atoms with Crippen molar-refractivity contribution < 1.29 is 60.9 Å². The maximum Gasteiger partial charge on any atom is 0.333 e. The molecule has 1 aromatic carbocycles. The van der Waals surface area contributed by atoms with Crippen molar-refractivity contribution in [3.63, 3.8) is 0 Å². The zero-order valence-corrected chi connectivity index (χ0v) is 28.6. The van der Waals surface area contributed by atoms with Crippen molar-refractivity contribution in [1.29, 1.82) is 0 Å². The summed E-state index contributed by atoms with van der Waals surface area (Å²) in [6.45, 7) is 4.42. The predicted molar refractivity (Wildman–Crippen MR) is 167 cm³/mol. The molecule has 4 aliphatic rings. The van der Waals surface area contributed by atoms with E-state index in [1.165, 1.54) is 30.5 Å². The molecule has 19 heteroatoms. The summed E-state index contributed by atoms with van der Waals surface area (Å²) in [4.78, 5) is 89.7. The van der Waals surface area contributed by atoms with Gasteiger partial charge in [0.15, 0.2) is 9.84 Å². The summed E-state index contributed by atoms with van der Waals surface area (Å²) in [6.07, 6.45) is -1.19. The molecule has 4 fully saturated rings. The maximum atomic E-state index is 13.0. The molecule has 3 N–H and O–H groups in total. The van der Waals surface area contributed by atoms with Crippen molar-refractivity contribution in [2.75, 3.05) is 13.6 Å². The largest absolute Gasteiger partial charge is 0.428 e. The van der Waals surface area contributed by atoms with E-state index in [0.717, 1.165) is 4.90 Å². The molecule has 1 aromatic rings. The summed E-state index contributed by atoms with van der Waals surface area (Å²) < 4.78 is 42.5. The number of carbonyl (C=O) groups excluding carboxylic acids is 7. The lowest BCUT2D eigenvalue weighted by Crippen LogP contribution is -2.71. The van der Waals surface area contributed by atoms with Gasteiger partial charge in [0.2, 0.25) is 31.3 Å². The molecule has 266 valence electrons. The van der Waals surface area contributed by atoms with E-state index in [1.54, 1.807) is 44.2 Å². The van der Waals surface area contributed by atoms with Gasteiger partial charge in [-0.15, -0.1) is 11.8 Å². The molecule has 49 heavy (non-hydrogen) atoms. The van der Waals surface area contributed by atoms with Crippen LogP contribution in [-0.2, 0) is 62.3 Å². The Morgan fingerprint density at radius 1 is 0.898 bits per heavy atom. The molecule has 0 aliphatic carbocycles. The second-order valence-corrected chi connectivity index (χ2v) is 17.3. The molecule has 4 heterocycles. The molecule has 0 bridgehead atoms. The van der Waals surface area contributed by atoms with E-state index >= 15 is 0 Å². The number of sulfone groups is 1. The van der Waals surface area contributed by atoms with E-state index in [4.69, 9.17) is 24.7 Å². The first kappa shape index (κ1) is 36.1. The lowest BCUT2D eigenvalue weighted by molar-refractivity contribution is -0.179. The lowest BCUT2D eigenvalue weighted by Gasteiger charge is -2.44. The quantitative estimate of drug-likeness (QED) is 0.153. The van der Waals surface area contributed by atoms with Crippen molar-refractivity contribution in [1.82, 2.24) is 15.1 Å². The van der Waals surface area contributed by atoms with Crippen molar-refractivity contribution in [3.8, 4) is 0 Å². The van der Waals surface area contributed by atoms with Crippen LogP contribution in [0.15, 0.2) is 30.3 Å². The fourth-order valence-corrected chi connectivity index (χ4v) is 9.95. The molecule has 2 unspecified atom stereocenters. The van der Waals surface area contributed by atoms with Crippen LogP contribution in [0.5, 0.6) is 0 Å². The molecule has 6 atom stereocenters. The number of nitrogens with zero attached hydrogens (tertiary/aromatic N) is 2. The minimum Gasteiger partial charge on any atom is -0.428 e. The number of amides is 3. The third-order valence-corrected chi connectivity index (χ3v) is 13.3. The number of nitrogens with two attached hydrogens (primary N) is 1. The summed E-state index contributed by atoms with van der Waals surface area (Å²) in [5.41, 5.74) is 6.62. The van der Waals surface area contributed by atoms with Gasteiger partial charge in [0.05, 0.1) is 24.0 Å². The maximum absolute atomic E-state index is 13.0.